The van der Waals surface area contributed by atoms with E-state index in [9.17, 15) is 0 Å². The van der Waals surface area contributed by atoms with Crippen LogP contribution in [0, 0.1) is 12.8 Å². The third kappa shape index (κ3) is 3.46. The Balaban J connectivity index is 2.02. The molecule has 1 aromatic heterocycles. The Morgan fingerprint density at radius 2 is 2.18 bits per heavy atom. The lowest BCUT2D eigenvalue weighted by molar-refractivity contribution is 0.0749. The Morgan fingerprint density at radius 3 is 2.77 bits per heavy atom. The van der Waals surface area contributed by atoms with Gasteiger partial charge in [-0.1, -0.05) is 19.8 Å². The van der Waals surface area contributed by atoms with Gasteiger partial charge in [0.1, 0.15) is 0 Å². The SMILES string of the molecule is COc1c(CNC[C@@]2(N(C)C)CCC[C@@H](C)C2)c(C)nn1C. The number of methoxy groups -OCH3 is 1. The maximum atomic E-state index is 5.48. The van der Waals surface area contributed by atoms with Crippen LogP contribution in [0.2, 0.25) is 0 Å². The van der Waals surface area contributed by atoms with E-state index in [2.05, 4.69) is 36.3 Å². The van der Waals surface area contributed by atoms with E-state index in [0.717, 1.165) is 30.6 Å². The topological polar surface area (TPSA) is 42.3 Å². The van der Waals surface area contributed by atoms with E-state index < -0.39 is 0 Å². The van der Waals surface area contributed by atoms with E-state index in [1.807, 2.05) is 18.7 Å². The van der Waals surface area contributed by atoms with Gasteiger partial charge in [0, 0.05) is 25.7 Å². The molecule has 0 bridgehead atoms. The van der Waals surface area contributed by atoms with Crippen molar-refractivity contribution in [2.75, 3.05) is 27.7 Å². The van der Waals surface area contributed by atoms with Gasteiger partial charge in [0.25, 0.3) is 0 Å². The number of rotatable bonds is 6. The lowest BCUT2D eigenvalue weighted by Crippen LogP contribution is -2.54. The number of likely N-dealkylation sites (N-methyl/N-ethyl adjacent to an activating group) is 1. The fourth-order valence-corrected chi connectivity index (χ4v) is 3.92. The van der Waals surface area contributed by atoms with Gasteiger partial charge in [-0.05, 0) is 39.8 Å². The summed E-state index contributed by atoms with van der Waals surface area (Å²) in [6, 6.07) is 0. The van der Waals surface area contributed by atoms with E-state index >= 15 is 0 Å². The molecule has 1 aliphatic carbocycles. The quantitative estimate of drug-likeness (QED) is 0.876. The first kappa shape index (κ1) is 17.3. The zero-order valence-electron chi connectivity index (χ0n) is 15.1. The number of hydrogen-bond acceptors (Lipinski definition) is 4. The first-order chi connectivity index (χ1) is 10.4. The highest BCUT2D eigenvalue weighted by molar-refractivity contribution is 5.30. The molecule has 0 unspecified atom stereocenters. The zero-order chi connectivity index (χ0) is 16.3. The monoisotopic (exact) mass is 308 g/mol. The number of nitrogens with one attached hydrogen (secondary N) is 1. The molecule has 1 N–H and O–H groups in total. The van der Waals surface area contributed by atoms with Crippen LogP contribution in [0.25, 0.3) is 0 Å². The van der Waals surface area contributed by atoms with Crippen LogP contribution in [0.3, 0.4) is 0 Å². The fourth-order valence-electron chi connectivity index (χ4n) is 3.92. The predicted octanol–water partition coefficient (Wildman–Crippen LogP) is 2.34. The second kappa shape index (κ2) is 7.01. The summed E-state index contributed by atoms with van der Waals surface area (Å²) in [5.41, 5.74) is 2.49. The second-order valence-electron chi connectivity index (χ2n) is 7.12. The van der Waals surface area contributed by atoms with E-state index in [-0.39, 0.29) is 5.54 Å². The van der Waals surface area contributed by atoms with Gasteiger partial charge in [-0.25, -0.2) is 4.68 Å². The van der Waals surface area contributed by atoms with Crippen LogP contribution in [0.15, 0.2) is 0 Å². The average molecular weight is 308 g/mol. The van der Waals surface area contributed by atoms with E-state index in [1.165, 1.54) is 31.2 Å². The van der Waals surface area contributed by atoms with Gasteiger partial charge in [-0.15, -0.1) is 0 Å². The van der Waals surface area contributed by atoms with Crippen LogP contribution in [0.1, 0.15) is 43.9 Å². The third-order valence-corrected chi connectivity index (χ3v) is 5.25. The molecule has 22 heavy (non-hydrogen) atoms. The molecule has 126 valence electrons. The predicted molar refractivity (Wildman–Crippen MR) is 90.3 cm³/mol. The minimum absolute atomic E-state index is 0.279. The number of ether oxygens (including phenoxy) is 1. The summed E-state index contributed by atoms with van der Waals surface area (Å²) in [7, 11) is 8.08. The van der Waals surface area contributed by atoms with Gasteiger partial charge in [0.2, 0.25) is 5.88 Å². The molecule has 0 saturated heterocycles. The molecule has 0 aliphatic heterocycles. The smallest absolute Gasteiger partial charge is 0.216 e. The number of aromatic nitrogens is 2. The molecule has 2 rings (SSSR count). The molecule has 1 heterocycles. The molecule has 5 nitrogen and oxygen atoms in total. The first-order valence-electron chi connectivity index (χ1n) is 8.34. The van der Waals surface area contributed by atoms with Gasteiger partial charge < -0.3 is 15.0 Å². The summed E-state index contributed by atoms with van der Waals surface area (Å²) in [6.45, 7) is 6.25. The van der Waals surface area contributed by atoms with Crippen LogP contribution in [-0.4, -0.2) is 48.0 Å². The minimum atomic E-state index is 0.279. The van der Waals surface area contributed by atoms with Gasteiger partial charge in [-0.3, -0.25) is 0 Å². The lowest BCUT2D eigenvalue weighted by atomic mass is 9.75. The standard InChI is InChI=1S/C17H32N4O/c1-13-8-7-9-17(10-13,20(3)4)12-18-11-15-14(2)19-21(5)16(15)22-6/h13,18H,7-12H2,1-6H3/t13-,17-/m1/s1. The largest absolute Gasteiger partial charge is 0.481 e. The molecular weight excluding hydrogens is 276 g/mol. The van der Waals surface area contributed by atoms with Gasteiger partial charge in [0.15, 0.2) is 0 Å². The average Bonchev–Trinajstić information content (AvgIpc) is 2.72. The number of hydrogen-bond donors (Lipinski definition) is 1. The summed E-state index contributed by atoms with van der Waals surface area (Å²) < 4.78 is 7.30. The molecule has 0 amide bonds. The Labute approximate surface area is 135 Å². The molecular formula is C17H32N4O. The number of aryl methyl sites for hydroxylation is 2. The summed E-state index contributed by atoms with van der Waals surface area (Å²) in [6.07, 6.45) is 5.25. The maximum absolute atomic E-state index is 5.48. The highest BCUT2D eigenvalue weighted by atomic mass is 16.5. The van der Waals surface area contributed by atoms with E-state index in [0.29, 0.717) is 0 Å². The summed E-state index contributed by atoms with van der Waals surface area (Å²) in [4.78, 5) is 2.42. The Morgan fingerprint density at radius 1 is 1.45 bits per heavy atom. The molecule has 5 heteroatoms. The second-order valence-corrected chi connectivity index (χ2v) is 7.12. The highest BCUT2D eigenvalue weighted by Crippen LogP contribution is 2.35. The molecule has 1 saturated carbocycles. The van der Waals surface area contributed by atoms with Crippen molar-refractivity contribution in [3.05, 3.63) is 11.3 Å². The van der Waals surface area contributed by atoms with Gasteiger partial charge >= 0.3 is 0 Å². The van der Waals surface area contributed by atoms with Crippen LogP contribution < -0.4 is 10.1 Å². The molecule has 0 radical (unpaired) electrons. The van der Waals surface area contributed by atoms with Crippen molar-refractivity contribution in [3.63, 3.8) is 0 Å². The summed E-state index contributed by atoms with van der Waals surface area (Å²) >= 11 is 0. The molecule has 1 aliphatic rings. The van der Waals surface area contributed by atoms with Gasteiger partial charge in [-0.2, -0.15) is 5.10 Å². The Bertz CT molecular complexity index is 497. The van der Waals surface area contributed by atoms with E-state index in [1.54, 1.807) is 7.11 Å². The zero-order valence-corrected chi connectivity index (χ0v) is 15.1. The van der Waals surface area contributed by atoms with Crippen molar-refractivity contribution in [1.82, 2.24) is 20.0 Å². The minimum Gasteiger partial charge on any atom is -0.481 e. The van der Waals surface area contributed by atoms with Crippen LogP contribution in [0.5, 0.6) is 5.88 Å². The van der Waals surface area contributed by atoms with Crippen molar-refractivity contribution < 1.29 is 4.74 Å². The van der Waals surface area contributed by atoms with Crippen molar-refractivity contribution in [1.29, 1.82) is 0 Å². The van der Waals surface area contributed by atoms with Crippen molar-refractivity contribution in [2.45, 2.75) is 51.6 Å². The Kier molecular flexibility index (Phi) is 5.50. The molecule has 0 aromatic carbocycles. The molecule has 0 spiro atoms. The third-order valence-electron chi connectivity index (χ3n) is 5.25. The molecule has 1 aromatic rings. The summed E-state index contributed by atoms with van der Waals surface area (Å²) in [5.74, 6) is 1.67. The van der Waals surface area contributed by atoms with E-state index in [4.69, 9.17) is 4.74 Å². The van der Waals surface area contributed by atoms with Crippen molar-refractivity contribution in [3.8, 4) is 5.88 Å². The summed E-state index contributed by atoms with van der Waals surface area (Å²) in [5, 5.41) is 8.12. The molecule has 2 atom stereocenters. The van der Waals surface area contributed by atoms with Gasteiger partial charge in [0.05, 0.1) is 18.4 Å². The number of nitrogens with zero attached hydrogens (tertiary/aromatic N) is 3. The highest BCUT2D eigenvalue weighted by Gasteiger charge is 2.36. The molecule has 1 fully saturated rings. The van der Waals surface area contributed by atoms with Crippen LogP contribution in [-0.2, 0) is 13.6 Å². The maximum Gasteiger partial charge on any atom is 0.216 e. The van der Waals surface area contributed by atoms with Crippen LogP contribution >= 0.6 is 0 Å². The normalized spacial score (nSPS) is 25.7. The lowest BCUT2D eigenvalue weighted by Gasteiger charge is -2.45. The van der Waals surface area contributed by atoms with Crippen molar-refractivity contribution in [2.24, 2.45) is 13.0 Å². The Hall–Kier alpha value is -1.07. The van der Waals surface area contributed by atoms with Crippen molar-refractivity contribution >= 4 is 0 Å². The first-order valence-corrected chi connectivity index (χ1v) is 8.34. The fraction of sp³-hybridized carbons (Fsp3) is 0.824. The van der Waals surface area contributed by atoms with Crippen LogP contribution in [0.4, 0.5) is 0 Å².